The molecule has 0 aliphatic heterocycles. The van der Waals surface area contributed by atoms with Gasteiger partial charge in [0.1, 0.15) is 6.07 Å². The quantitative estimate of drug-likeness (QED) is 0.208. The maximum absolute atomic E-state index is 9.40. The second-order valence-electron chi connectivity index (χ2n) is 8.15. The summed E-state index contributed by atoms with van der Waals surface area (Å²) in [7, 11) is 0. The third-order valence-electron chi connectivity index (χ3n) is 6.22. The lowest BCUT2D eigenvalue weighted by molar-refractivity contribution is 1.30. The fourth-order valence-electron chi connectivity index (χ4n) is 4.71. The Morgan fingerprint density at radius 2 is 1.15 bits per heavy atom. The highest BCUT2D eigenvalue weighted by Gasteiger charge is 2.15. The normalized spacial score (nSPS) is 10.9. The van der Waals surface area contributed by atoms with Crippen LogP contribution in [-0.4, -0.2) is 9.97 Å². The van der Waals surface area contributed by atoms with Crippen LogP contribution in [0.4, 0.5) is 5.69 Å². The van der Waals surface area contributed by atoms with Crippen molar-refractivity contribution in [2.24, 2.45) is 0 Å². The van der Waals surface area contributed by atoms with Crippen LogP contribution in [0.1, 0.15) is 5.56 Å². The molecule has 0 atom stereocenters. The van der Waals surface area contributed by atoms with E-state index in [1.807, 2.05) is 48.8 Å². The van der Waals surface area contributed by atoms with Gasteiger partial charge in [0, 0.05) is 30.4 Å². The molecule has 0 amide bonds. The van der Waals surface area contributed by atoms with Gasteiger partial charge in [0.25, 0.3) is 0 Å². The van der Waals surface area contributed by atoms with Gasteiger partial charge >= 0.3 is 0 Å². The van der Waals surface area contributed by atoms with E-state index < -0.39 is 0 Å². The first-order valence-corrected chi connectivity index (χ1v) is 10.8. The molecule has 0 aliphatic carbocycles. The van der Waals surface area contributed by atoms with Gasteiger partial charge in [0.05, 0.1) is 12.1 Å². The molecule has 6 aromatic rings. The Morgan fingerprint density at radius 3 is 1.71 bits per heavy atom. The molecular weight excluding hydrogens is 416 g/mol. The lowest BCUT2D eigenvalue weighted by atomic mass is 9.88. The largest absolute Gasteiger partial charge is 0.276 e. The van der Waals surface area contributed by atoms with Crippen molar-refractivity contribution in [3.63, 3.8) is 0 Å². The molecule has 156 valence electrons. The minimum absolute atomic E-state index is 0.520. The zero-order chi connectivity index (χ0) is 23.1. The molecule has 0 aliphatic rings. The van der Waals surface area contributed by atoms with Crippen LogP contribution in [0.15, 0.2) is 97.6 Å². The van der Waals surface area contributed by atoms with Crippen molar-refractivity contribution in [3.05, 3.63) is 115 Å². The Kier molecular flexibility index (Phi) is 4.51. The van der Waals surface area contributed by atoms with Crippen molar-refractivity contribution in [3.8, 4) is 28.3 Å². The monoisotopic (exact) mass is 432 g/mol. The maximum atomic E-state index is 9.40. The molecule has 0 radical (unpaired) electrons. The highest BCUT2D eigenvalue weighted by atomic mass is 14.7. The summed E-state index contributed by atoms with van der Waals surface area (Å²) in [5, 5.41) is 16.1. The molecule has 0 spiro atoms. The summed E-state index contributed by atoms with van der Waals surface area (Å²) in [4.78, 5) is 12.2. The van der Waals surface area contributed by atoms with Gasteiger partial charge in [0.15, 0.2) is 0 Å². The Balaban J connectivity index is 1.77. The van der Waals surface area contributed by atoms with E-state index in [4.69, 9.17) is 6.57 Å². The van der Waals surface area contributed by atoms with Crippen molar-refractivity contribution >= 4 is 38.0 Å². The Bertz CT molecular complexity index is 1700. The Morgan fingerprint density at radius 1 is 0.618 bits per heavy atom. The number of hydrogen-bond acceptors (Lipinski definition) is 3. The van der Waals surface area contributed by atoms with Crippen LogP contribution >= 0.6 is 0 Å². The molecule has 4 aromatic carbocycles. The van der Waals surface area contributed by atoms with E-state index in [2.05, 4.69) is 57.3 Å². The molecule has 0 saturated heterocycles. The van der Waals surface area contributed by atoms with E-state index in [1.54, 1.807) is 12.4 Å². The molecule has 34 heavy (non-hydrogen) atoms. The average Bonchev–Trinajstić information content (AvgIpc) is 2.92. The summed E-state index contributed by atoms with van der Waals surface area (Å²) in [6, 6.07) is 27.0. The lowest BCUT2D eigenvalue weighted by Crippen LogP contribution is -1.90. The number of hydrogen-bond donors (Lipinski definition) is 0. The number of nitriles is 1. The van der Waals surface area contributed by atoms with Gasteiger partial charge in [-0.2, -0.15) is 5.26 Å². The summed E-state index contributed by atoms with van der Waals surface area (Å²) in [5.41, 5.74) is 4.99. The maximum Gasteiger partial charge on any atom is 0.205 e. The van der Waals surface area contributed by atoms with E-state index in [1.165, 1.54) is 0 Å². The molecule has 2 aromatic heterocycles. The third-order valence-corrected chi connectivity index (χ3v) is 6.22. The molecule has 4 heteroatoms. The van der Waals surface area contributed by atoms with Crippen molar-refractivity contribution in [2.45, 2.75) is 0 Å². The van der Waals surface area contributed by atoms with Crippen LogP contribution in [0.5, 0.6) is 0 Å². The highest BCUT2D eigenvalue weighted by molar-refractivity contribution is 6.23. The summed E-state index contributed by atoms with van der Waals surface area (Å²) >= 11 is 0. The average molecular weight is 432 g/mol. The van der Waals surface area contributed by atoms with E-state index in [0.29, 0.717) is 11.3 Å². The van der Waals surface area contributed by atoms with Crippen molar-refractivity contribution in [2.75, 3.05) is 0 Å². The number of rotatable bonds is 2. The summed E-state index contributed by atoms with van der Waals surface area (Å²) in [5.74, 6) is 0. The fourth-order valence-corrected chi connectivity index (χ4v) is 4.71. The molecule has 0 N–H and O–H groups in total. The van der Waals surface area contributed by atoms with Crippen LogP contribution in [0.2, 0.25) is 0 Å². The number of benzene rings is 4. The summed E-state index contributed by atoms with van der Waals surface area (Å²) < 4.78 is 0. The van der Waals surface area contributed by atoms with Crippen LogP contribution < -0.4 is 0 Å². The molecule has 0 unspecified atom stereocenters. The zero-order valence-corrected chi connectivity index (χ0v) is 18.0. The molecule has 0 fully saturated rings. The molecule has 0 bridgehead atoms. The molecular formula is C30H16N4. The predicted octanol–water partition coefficient (Wildman–Crippen LogP) is 7.69. The lowest BCUT2D eigenvalue weighted by Gasteiger charge is -2.16. The molecule has 0 saturated carbocycles. The SMILES string of the molecule is [C-]#[N+]c1cncc(-c2cc3c4ccccc4c(-c4cncc(C#N)c4)cc3c3ccccc23)c1. The Hall–Kier alpha value is -5.06. The molecule has 4 nitrogen and oxygen atoms in total. The summed E-state index contributed by atoms with van der Waals surface area (Å²) in [6.07, 6.45) is 6.80. The second-order valence-corrected chi connectivity index (χ2v) is 8.15. The second kappa shape index (κ2) is 7.81. The molecule has 6 rings (SSSR count). The van der Waals surface area contributed by atoms with Gasteiger partial charge in [-0.25, -0.2) is 4.85 Å². The zero-order valence-electron chi connectivity index (χ0n) is 18.0. The van der Waals surface area contributed by atoms with E-state index in [0.717, 1.165) is 54.6 Å². The van der Waals surface area contributed by atoms with Crippen LogP contribution in [-0.2, 0) is 0 Å². The first-order valence-electron chi connectivity index (χ1n) is 10.8. The smallest absolute Gasteiger partial charge is 0.205 e. The van der Waals surface area contributed by atoms with Gasteiger partial charge in [0.2, 0.25) is 5.69 Å². The van der Waals surface area contributed by atoms with Crippen LogP contribution in [0.25, 0.3) is 59.4 Å². The first-order chi connectivity index (χ1) is 16.8. The van der Waals surface area contributed by atoms with Gasteiger partial charge in [-0.05, 0) is 73.3 Å². The summed E-state index contributed by atoms with van der Waals surface area (Å²) in [6.45, 7) is 7.40. The van der Waals surface area contributed by atoms with E-state index in [9.17, 15) is 5.26 Å². The van der Waals surface area contributed by atoms with Gasteiger partial charge < -0.3 is 0 Å². The third kappa shape index (κ3) is 3.06. The minimum Gasteiger partial charge on any atom is -0.276 e. The van der Waals surface area contributed by atoms with Crippen molar-refractivity contribution in [1.29, 1.82) is 5.26 Å². The van der Waals surface area contributed by atoms with E-state index >= 15 is 0 Å². The fraction of sp³-hybridized carbons (Fsp3) is 0. The standard InChI is InChI=1S/C30H16N4/c1-32-22-11-21(17-34-18-22)28-13-30-25-8-4-2-6-23(25)27(20-10-19(14-31)15-33-16-20)12-29(30)26-9-5-3-7-24(26)28/h2-13,15-18H. The van der Waals surface area contributed by atoms with Crippen LogP contribution in [0.3, 0.4) is 0 Å². The van der Waals surface area contributed by atoms with Gasteiger partial charge in [-0.3, -0.25) is 9.97 Å². The van der Waals surface area contributed by atoms with Crippen molar-refractivity contribution < 1.29 is 0 Å². The van der Waals surface area contributed by atoms with Gasteiger partial charge in [-0.15, -0.1) is 0 Å². The Labute approximate surface area is 196 Å². The van der Waals surface area contributed by atoms with Gasteiger partial charge in [-0.1, -0.05) is 48.5 Å². The number of pyridine rings is 2. The number of nitrogens with zero attached hydrogens (tertiary/aromatic N) is 4. The molecule has 2 heterocycles. The first kappa shape index (κ1) is 19.6. The number of fused-ring (bicyclic) bond motifs is 5. The van der Waals surface area contributed by atoms with Crippen LogP contribution in [0, 0.1) is 17.9 Å². The topological polar surface area (TPSA) is 53.9 Å². The number of aromatic nitrogens is 2. The van der Waals surface area contributed by atoms with Crippen molar-refractivity contribution in [1.82, 2.24) is 9.97 Å². The minimum atomic E-state index is 0.520. The van der Waals surface area contributed by atoms with E-state index in [-0.39, 0.29) is 0 Å². The predicted molar refractivity (Wildman–Crippen MR) is 136 cm³/mol. The highest BCUT2D eigenvalue weighted by Crippen LogP contribution is 2.41.